The number of rotatable bonds is 5. The number of ether oxygens (including phenoxy) is 1. The van der Waals surface area contributed by atoms with Crippen LogP contribution in [-0.2, 0) is 17.8 Å². The SMILES string of the molecule is CCOC(=O)c1nn(CCn2ccccc2=O)cc1N. The molecule has 0 aliphatic heterocycles. The molecule has 2 heterocycles. The normalized spacial score (nSPS) is 10.4. The Morgan fingerprint density at radius 1 is 1.40 bits per heavy atom. The van der Waals surface area contributed by atoms with E-state index in [9.17, 15) is 9.59 Å². The average Bonchev–Trinajstić information content (AvgIpc) is 2.79. The summed E-state index contributed by atoms with van der Waals surface area (Å²) < 4.78 is 7.94. The van der Waals surface area contributed by atoms with Crippen molar-refractivity contribution in [3.63, 3.8) is 0 Å². The van der Waals surface area contributed by atoms with Crippen molar-refractivity contribution >= 4 is 11.7 Å². The number of nitrogen functional groups attached to an aromatic ring is 1. The molecule has 2 rings (SSSR count). The molecule has 7 heteroatoms. The largest absolute Gasteiger partial charge is 0.461 e. The van der Waals surface area contributed by atoms with Gasteiger partial charge in [0.25, 0.3) is 5.56 Å². The summed E-state index contributed by atoms with van der Waals surface area (Å²) in [6, 6.07) is 4.95. The summed E-state index contributed by atoms with van der Waals surface area (Å²) >= 11 is 0. The molecule has 0 unspecified atom stereocenters. The Morgan fingerprint density at radius 3 is 2.90 bits per heavy atom. The van der Waals surface area contributed by atoms with Crippen LogP contribution in [0.4, 0.5) is 5.69 Å². The molecule has 0 radical (unpaired) electrons. The Balaban J connectivity index is 2.08. The number of nitrogens with zero attached hydrogens (tertiary/aromatic N) is 3. The molecule has 0 saturated carbocycles. The van der Waals surface area contributed by atoms with Gasteiger partial charge in [0.15, 0.2) is 5.69 Å². The number of anilines is 1. The zero-order valence-electron chi connectivity index (χ0n) is 11.2. The first-order chi connectivity index (χ1) is 9.61. The van der Waals surface area contributed by atoms with Crippen molar-refractivity contribution in [3.8, 4) is 0 Å². The number of carbonyl (C=O) groups is 1. The third kappa shape index (κ3) is 3.05. The van der Waals surface area contributed by atoms with Gasteiger partial charge in [-0.25, -0.2) is 4.79 Å². The fraction of sp³-hybridized carbons (Fsp3) is 0.308. The summed E-state index contributed by atoms with van der Waals surface area (Å²) in [5.41, 5.74) is 6.01. The third-order valence-electron chi connectivity index (χ3n) is 2.73. The molecule has 0 aliphatic carbocycles. The van der Waals surface area contributed by atoms with Crippen LogP contribution < -0.4 is 11.3 Å². The summed E-state index contributed by atoms with van der Waals surface area (Å²) in [4.78, 5) is 23.1. The van der Waals surface area contributed by atoms with Gasteiger partial charge in [0.05, 0.1) is 18.8 Å². The van der Waals surface area contributed by atoms with E-state index in [0.29, 0.717) is 13.1 Å². The van der Waals surface area contributed by atoms with Crippen molar-refractivity contribution in [3.05, 3.63) is 46.6 Å². The van der Waals surface area contributed by atoms with Crippen LogP contribution in [0.3, 0.4) is 0 Å². The smallest absolute Gasteiger partial charge is 0.361 e. The van der Waals surface area contributed by atoms with E-state index in [-0.39, 0.29) is 23.5 Å². The summed E-state index contributed by atoms with van der Waals surface area (Å²) in [5.74, 6) is -0.541. The van der Waals surface area contributed by atoms with Crippen molar-refractivity contribution in [2.24, 2.45) is 0 Å². The van der Waals surface area contributed by atoms with Gasteiger partial charge in [-0.3, -0.25) is 9.48 Å². The Labute approximate surface area is 115 Å². The Bertz CT molecular complexity index is 660. The summed E-state index contributed by atoms with van der Waals surface area (Å²) in [7, 11) is 0. The Hall–Kier alpha value is -2.57. The van der Waals surface area contributed by atoms with Gasteiger partial charge in [0, 0.05) is 25.0 Å². The molecule has 2 aromatic heterocycles. The molecule has 0 amide bonds. The first-order valence-corrected chi connectivity index (χ1v) is 6.27. The monoisotopic (exact) mass is 276 g/mol. The molecule has 0 bridgehead atoms. The molecular weight excluding hydrogens is 260 g/mol. The number of carbonyl (C=O) groups excluding carboxylic acids is 1. The standard InChI is InChI=1S/C13H16N4O3/c1-2-20-13(19)12-10(14)9-17(15-12)8-7-16-6-4-3-5-11(16)18/h3-6,9H,2,7-8,14H2,1H3. The van der Waals surface area contributed by atoms with Gasteiger partial charge in [0.1, 0.15) is 0 Å². The average molecular weight is 276 g/mol. The molecule has 106 valence electrons. The van der Waals surface area contributed by atoms with E-state index in [4.69, 9.17) is 10.5 Å². The fourth-order valence-corrected chi connectivity index (χ4v) is 1.76. The number of hydrogen-bond acceptors (Lipinski definition) is 5. The lowest BCUT2D eigenvalue weighted by Crippen LogP contribution is -2.20. The van der Waals surface area contributed by atoms with Gasteiger partial charge in [-0.15, -0.1) is 0 Å². The number of aryl methyl sites for hydroxylation is 2. The van der Waals surface area contributed by atoms with Crippen LogP contribution in [0.25, 0.3) is 0 Å². The maximum atomic E-state index is 11.6. The minimum atomic E-state index is -0.541. The van der Waals surface area contributed by atoms with Gasteiger partial charge in [0.2, 0.25) is 0 Å². The highest BCUT2D eigenvalue weighted by atomic mass is 16.5. The van der Waals surface area contributed by atoms with Gasteiger partial charge in [-0.05, 0) is 13.0 Å². The van der Waals surface area contributed by atoms with E-state index in [0.717, 1.165) is 0 Å². The number of pyridine rings is 1. The van der Waals surface area contributed by atoms with Crippen LogP contribution in [0.5, 0.6) is 0 Å². The maximum Gasteiger partial charge on any atom is 0.361 e. The van der Waals surface area contributed by atoms with Crippen LogP contribution in [0.2, 0.25) is 0 Å². The van der Waals surface area contributed by atoms with Crippen molar-refractivity contribution in [2.75, 3.05) is 12.3 Å². The topological polar surface area (TPSA) is 92.1 Å². The van der Waals surface area contributed by atoms with Crippen LogP contribution in [-0.4, -0.2) is 26.9 Å². The van der Waals surface area contributed by atoms with Crippen LogP contribution in [0.1, 0.15) is 17.4 Å². The third-order valence-corrected chi connectivity index (χ3v) is 2.73. The fourth-order valence-electron chi connectivity index (χ4n) is 1.76. The zero-order valence-corrected chi connectivity index (χ0v) is 11.2. The lowest BCUT2D eigenvalue weighted by molar-refractivity contribution is 0.0519. The van der Waals surface area contributed by atoms with E-state index in [2.05, 4.69) is 5.10 Å². The second-order valence-electron chi connectivity index (χ2n) is 4.15. The summed E-state index contributed by atoms with van der Waals surface area (Å²) in [6.07, 6.45) is 3.25. The molecule has 0 aliphatic rings. The Morgan fingerprint density at radius 2 is 2.20 bits per heavy atom. The first kappa shape index (κ1) is 13.9. The van der Waals surface area contributed by atoms with Crippen molar-refractivity contribution in [2.45, 2.75) is 20.0 Å². The molecule has 0 fully saturated rings. The van der Waals surface area contributed by atoms with Crippen molar-refractivity contribution in [1.82, 2.24) is 14.3 Å². The quantitative estimate of drug-likeness (QED) is 0.803. The second kappa shape index (κ2) is 6.05. The van der Waals surface area contributed by atoms with E-state index in [1.165, 1.54) is 10.7 Å². The maximum absolute atomic E-state index is 11.6. The minimum Gasteiger partial charge on any atom is -0.461 e. The van der Waals surface area contributed by atoms with Crippen LogP contribution >= 0.6 is 0 Å². The number of aromatic nitrogens is 3. The molecule has 0 aromatic carbocycles. The molecule has 0 saturated heterocycles. The van der Waals surface area contributed by atoms with E-state index in [1.807, 2.05) is 0 Å². The predicted octanol–water partition coefficient (Wildman–Crippen LogP) is 0.504. The molecule has 0 spiro atoms. The first-order valence-electron chi connectivity index (χ1n) is 6.27. The lowest BCUT2D eigenvalue weighted by Gasteiger charge is -2.04. The van der Waals surface area contributed by atoms with E-state index < -0.39 is 5.97 Å². The van der Waals surface area contributed by atoms with Gasteiger partial charge >= 0.3 is 5.97 Å². The van der Waals surface area contributed by atoms with Gasteiger partial charge in [-0.2, -0.15) is 5.10 Å². The second-order valence-corrected chi connectivity index (χ2v) is 4.15. The van der Waals surface area contributed by atoms with Crippen LogP contribution in [0, 0.1) is 0 Å². The Kier molecular flexibility index (Phi) is 4.19. The van der Waals surface area contributed by atoms with Gasteiger partial charge in [-0.1, -0.05) is 6.07 Å². The van der Waals surface area contributed by atoms with Gasteiger partial charge < -0.3 is 15.0 Å². The van der Waals surface area contributed by atoms with Crippen molar-refractivity contribution in [1.29, 1.82) is 0 Å². The highest BCUT2D eigenvalue weighted by molar-refractivity contribution is 5.92. The lowest BCUT2D eigenvalue weighted by atomic mass is 10.4. The number of nitrogens with two attached hydrogens (primary N) is 1. The number of esters is 1. The van der Waals surface area contributed by atoms with E-state index >= 15 is 0 Å². The molecule has 2 aromatic rings. The number of hydrogen-bond donors (Lipinski definition) is 1. The summed E-state index contributed by atoms with van der Waals surface area (Å²) in [5, 5.41) is 4.07. The molecule has 7 nitrogen and oxygen atoms in total. The molecule has 0 atom stereocenters. The molecular formula is C13H16N4O3. The van der Waals surface area contributed by atoms with E-state index in [1.54, 1.807) is 36.0 Å². The van der Waals surface area contributed by atoms with Crippen LogP contribution in [0.15, 0.2) is 35.4 Å². The minimum absolute atomic E-state index is 0.0850. The van der Waals surface area contributed by atoms with Crippen molar-refractivity contribution < 1.29 is 9.53 Å². The zero-order chi connectivity index (χ0) is 14.5. The highest BCUT2D eigenvalue weighted by Gasteiger charge is 2.15. The predicted molar refractivity (Wildman–Crippen MR) is 73.3 cm³/mol. The molecule has 2 N–H and O–H groups in total. The molecule has 20 heavy (non-hydrogen) atoms. The highest BCUT2D eigenvalue weighted by Crippen LogP contribution is 2.10. The summed E-state index contributed by atoms with van der Waals surface area (Å²) in [6.45, 7) is 2.87.